The molecule has 0 aromatic carbocycles. The van der Waals surface area contributed by atoms with Gasteiger partial charge in [-0.15, -0.1) is 5.10 Å². The van der Waals surface area contributed by atoms with Crippen molar-refractivity contribution in [1.29, 1.82) is 0 Å². The number of hydrogen-bond acceptors (Lipinski definition) is 5. The van der Waals surface area contributed by atoms with Crippen molar-refractivity contribution in [2.24, 2.45) is 0 Å². The van der Waals surface area contributed by atoms with Crippen molar-refractivity contribution in [3.05, 3.63) is 29.2 Å². The molecule has 18 heavy (non-hydrogen) atoms. The summed E-state index contributed by atoms with van der Waals surface area (Å²) in [5, 5.41) is 15.5. The summed E-state index contributed by atoms with van der Waals surface area (Å²) in [6.07, 6.45) is 1.62. The Hall–Kier alpha value is -1.66. The van der Waals surface area contributed by atoms with Gasteiger partial charge < -0.3 is 5.32 Å². The standard InChI is InChI=1S/C11H13ClN6/c1-17-2-3-18-9(7-17)5-11(16-18)14-8-4-10(12)15-13-6-8/h4-6H,2-3,7H2,1H3,(H,14,15,16). The van der Waals surface area contributed by atoms with Crippen LogP contribution in [0.25, 0.3) is 0 Å². The van der Waals surface area contributed by atoms with Crippen LogP contribution in [0.15, 0.2) is 18.3 Å². The Morgan fingerprint density at radius 1 is 1.33 bits per heavy atom. The van der Waals surface area contributed by atoms with Gasteiger partial charge in [0.1, 0.15) is 0 Å². The highest BCUT2D eigenvalue weighted by atomic mass is 35.5. The zero-order valence-corrected chi connectivity index (χ0v) is 10.7. The number of nitrogens with zero attached hydrogens (tertiary/aromatic N) is 5. The van der Waals surface area contributed by atoms with E-state index in [0.717, 1.165) is 31.1 Å². The minimum atomic E-state index is 0.365. The van der Waals surface area contributed by atoms with Crippen LogP contribution in [0.4, 0.5) is 11.5 Å². The minimum Gasteiger partial charge on any atom is -0.337 e. The second kappa shape index (κ2) is 4.55. The van der Waals surface area contributed by atoms with Crippen LogP contribution in [0, 0.1) is 0 Å². The zero-order valence-electron chi connectivity index (χ0n) is 9.97. The molecule has 0 saturated heterocycles. The summed E-state index contributed by atoms with van der Waals surface area (Å²) in [4.78, 5) is 2.27. The SMILES string of the molecule is CN1CCn2nc(Nc3cnnc(Cl)c3)cc2C1. The van der Waals surface area contributed by atoms with Crippen molar-refractivity contribution < 1.29 is 0 Å². The number of likely N-dealkylation sites (N-methyl/N-ethyl adjacent to an activating group) is 1. The van der Waals surface area contributed by atoms with E-state index in [1.54, 1.807) is 12.3 Å². The van der Waals surface area contributed by atoms with Gasteiger partial charge in [0, 0.05) is 25.2 Å². The summed E-state index contributed by atoms with van der Waals surface area (Å²) in [6, 6.07) is 3.77. The van der Waals surface area contributed by atoms with E-state index >= 15 is 0 Å². The second-order valence-corrected chi connectivity index (χ2v) is 4.76. The third kappa shape index (κ3) is 2.30. The first-order chi connectivity index (χ1) is 8.70. The van der Waals surface area contributed by atoms with E-state index in [1.807, 2.05) is 10.7 Å². The first-order valence-electron chi connectivity index (χ1n) is 5.71. The molecular weight excluding hydrogens is 252 g/mol. The van der Waals surface area contributed by atoms with Crippen LogP contribution >= 0.6 is 11.6 Å². The van der Waals surface area contributed by atoms with Gasteiger partial charge in [-0.1, -0.05) is 11.6 Å². The smallest absolute Gasteiger partial charge is 0.153 e. The van der Waals surface area contributed by atoms with Gasteiger partial charge in [0.25, 0.3) is 0 Å². The molecule has 3 rings (SSSR count). The van der Waals surface area contributed by atoms with Gasteiger partial charge in [0.15, 0.2) is 11.0 Å². The van der Waals surface area contributed by atoms with Crippen LogP contribution in [-0.2, 0) is 13.1 Å². The first kappa shape index (κ1) is 11.4. The van der Waals surface area contributed by atoms with Gasteiger partial charge >= 0.3 is 0 Å². The third-order valence-electron chi connectivity index (χ3n) is 2.89. The number of anilines is 2. The zero-order chi connectivity index (χ0) is 12.5. The molecular formula is C11H13ClN6. The van der Waals surface area contributed by atoms with Crippen LogP contribution in [-0.4, -0.2) is 38.5 Å². The van der Waals surface area contributed by atoms with Crippen molar-refractivity contribution in [3.63, 3.8) is 0 Å². The van der Waals surface area contributed by atoms with Crippen LogP contribution < -0.4 is 5.32 Å². The average molecular weight is 265 g/mol. The topological polar surface area (TPSA) is 58.9 Å². The van der Waals surface area contributed by atoms with E-state index in [1.165, 1.54) is 5.69 Å². The third-order valence-corrected chi connectivity index (χ3v) is 3.07. The lowest BCUT2D eigenvalue weighted by molar-refractivity contribution is 0.259. The molecule has 1 aliphatic heterocycles. The fourth-order valence-corrected chi connectivity index (χ4v) is 2.18. The molecule has 94 valence electrons. The van der Waals surface area contributed by atoms with Gasteiger partial charge in [0.2, 0.25) is 0 Å². The fourth-order valence-electron chi connectivity index (χ4n) is 2.02. The Labute approximate surface area is 110 Å². The molecule has 0 spiro atoms. The largest absolute Gasteiger partial charge is 0.337 e. The predicted octanol–water partition coefficient (Wildman–Crippen LogP) is 1.52. The lowest BCUT2D eigenvalue weighted by Gasteiger charge is -2.22. The maximum atomic E-state index is 5.79. The second-order valence-electron chi connectivity index (χ2n) is 4.37. The molecule has 1 aliphatic rings. The van der Waals surface area contributed by atoms with Crippen LogP contribution in [0.2, 0.25) is 5.15 Å². The number of rotatable bonds is 2. The molecule has 0 bridgehead atoms. The number of halogens is 1. The van der Waals surface area contributed by atoms with Gasteiger partial charge in [-0.2, -0.15) is 10.2 Å². The molecule has 6 nitrogen and oxygen atoms in total. The number of hydrogen-bond donors (Lipinski definition) is 1. The minimum absolute atomic E-state index is 0.365. The van der Waals surface area contributed by atoms with Gasteiger partial charge in [-0.25, -0.2) is 0 Å². The molecule has 0 saturated carbocycles. The van der Waals surface area contributed by atoms with E-state index in [2.05, 4.69) is 32.6 Å². The summed E-state index contributed by atoms with van der Waals surface area (Å²) in [5.74, 6) is 0.810. The average Bonchev–Trinajstić information content (AvgIpc) is 2.70. The maximum absolute atomic E-state index is 5.79. The van der Waals surface area contributed by atoms with Crippen molar-refractivity contribution in [3.8, 4) is 0 Å². The van der Waals surface area contributed by atoms with Crippen molar-refractivity contribution >= 4 is 23.1 Å². The molecule has 0 radical (unpaired) electrons. The van der Waals surface area contributed by atoms with E-state index in [-0.39, 0.29) is 0 Å². The van der Waals surface area contributed by atoms with E-state index in [0.29, 0.717) is 5.15 Å². The molecule has 2 aromatic rings. The number of nitrogens with one attached hydrogen (secondary N) is 1. The van der Waals surface area contributed by atoms with Crippen LogP contribution in [0.1, 0.15) is 5.69 Å². The highest BCUT2D eigenvalue weighted by molar-refractivity contribution is 6.29. The molecule has 0 fully saturated rings. The Morgan fingerprint density at radius 3 is 3.06 bits per heavy atom. The van der Waals surface area contributed by atoms with Crippen molar-refractivity contribution in [1.82, 2.24) is 24.9 Å². The molecule has 2 aromatic heterocycles. The lowest BCUT2D eigenvalue weighted by Crippen LogP contribution is -2.30. The monoisotopic (exact) mass is 264 g/mol. The van der Waals surface area contributed by atoms with Crippen molar-refractivity contribution in [2.45, 2.75) is 13.1 Å². The Kier molecular flexibility index (Phi) is 2.89. The molecule has 0 amide bonds. The van der Waals surface area contributed by atoms with E-state index in [4.69, 9.17) is 11.6 Å². The normalized spacial score (nSPS) is 15.4. The van der Waals surface area contributed by atoms with E-state index in [9.17, 15) is 0 Å². The Bertz CT molecular complexity index is 566. The summed E-state index contributed by atoms with van der Waals surface area (Å²) >= 11 is 5.79. The Balaban J connectivity index is 1.82. The van der Waals surface area contributed by atoms with Crippen LogP contribution in [0.5, 0.6) is 0 Å². The molecule has 1 N–H and O–H groups in total. The highest BCUT2D eigenvalue weighted by Crippen LogP contribution is 2.20. The van der Waals surface area contributed by atoms with Crippen molar-refractivity contribution in [2.75, 3.05) is 18.9 Å². The molecule has 0 unspecified atom stereocenters. The molecule has 0 atom stereocenters. The number of fused-ring (bicyclic) bond motifs is 1. The number of aromatic nitrogens is 4. The fraction of sp³-hybridized carbons (Fsp3) is 0.364. The van der Waals surface area contributed by atoms with Gasteiger partial charge in [-0.05, 0) is 7.05 Å². The molecule has 3 heterocycles. The summed E-state index contributed by atoms with van der Waals surface area (Å²) in [6.45, 7) is 2.86. The predicted molar refractivity (Wildman–Crippen MR) is 68.9 cm³/mol. The lowest BCUT2D eigenvalue weighted by atomic mass is 10.3. The summed E-state index contributed by atoms with van der Waals surface area (Å²) in [7, 11) is 2.11. The maximum Gasteiger partial charge on any atom is 0.153 e. The Morgan fingerprint density at radius 2 is 2.22 bits per heavy atom. The summed E-state index contributed by atoms with van der Waals surface area (Å²) < 4.78 is 2.03. The molecule has 7 heteroatoms. The van der Waals surface area contributed by atoms with Gasteiger partial charge in [0.05, 0.1) is 24.1 Å². The highest BCUT2D eigenvalue weighted by Gasteiger charge is 2.15. The van der Waals surface area contributed by atoms with Gasteiger partial charge in [-0.3, -0.25) is 9.58 Å². The molecule has 0 aliphatic carbocycles. The quantitative estimate of drug-likeness (QED) is 0.891. The first-order valence-corrected chi connectivity index (χ1v) is 6.09. The summed E-state index contributed by atoms with van der Waals surface area (Å²) in [5.41, 5.74) is 2.00. The van der Waals surface area contributed by atoms with Crippen LogP contribution in [0.3, 0.4) is 0 Å². The van der Waals surface area contributed by atoms with E-state index < -0.39 is 0 Å².